The average molecular weight is 380 g/mol. The summed E-state index contributed by atoms with van der Waals surface area (Å²) in [6.07, 6.45) is -4.76. The van der Waals surface area contributed by atoms with Gasteiger partial charge in [-0.2, -0.15) is 13.2 Å². The van der Waals surface area contributed by atoms with Crippen LogP contribution in [-0.2, 0) is 10.9 Å². The summed E-state index contributed by atoms with van der Waals surface area (Å²) in [4.78, 5) is 15.8. The van der Waals surface area contributed by atoms with Crippen molar-refractivity contribution in [2.24, 2.45) is 0 Å². The Bertz CT molecular complexity index is 835. The number of carbonyl (C=O) groups is 1. The highest BCUT2D eigenvalue weighted by Crippen LogP contribution is 2.38. The van der Waals surface area contributed by atoms with Gasteiger partial charge in [0.1, 0.15) is 5.60 Å². The van der Waals surface area contributed by atoms with Crippen molar-refractivity contribution in [2.45, 2.75) is 32.5 Å². The molecule has 1 fully saturated rings. The highest BCUT2D eigenvalue weighted by Gasteiger charge is 2.33. The largest absolute Gasteiger partial charge is 0.444 e. The summed E-state index contributed by atoms with van der Waals surface area (Å²) in [6.45, 7) is 7.44. The maximum Gasteiger partial charge on any atom is 0.417 e. The van der Waals surface area contributed by atoms with E-state index in [-0.39, 0.29) is 11.5 Å². The van der Waals surface area contributed by atoms with Crippen LogP contribution in [0.15, 0.2) is 36.4 Å². The lowest BCUT2D eigenvalue weighted by atomic mass is 10.0. The number of rotatable bonds is 1. The van der Waals surface area contributed by atoms with E-state index in [1.807, 2.05) is 25.7 Å². The first-order chi connectivity index (χ1) is 12.6. The zero-order valence-electron chi connectivity index (χ0n) is 15.6. The van der Waals surface area contributed by atoms with Gasteiger partial charge in [-0.1, -0.05) is 24.3 Å². The summed E-state index contributed by atoms with van der Waals surface area (Å²) in [5.41, 5.74) is -0.436. The van der Waals surface area contributed by atoms with E-state index in [0.29, 0.717) is 31.6 Å². The van der Waals surface area contributed by atoms with Crippen LogP contribution in [0, 0.1) is 0 Å². The molecule has 0 spiro atoms. The molecule has 0 unspecified atom stereocenters. The number of piperazine rings is 1. The fourth-order valence-corrected chi connectivity index (χ4v) is 3.26. The van der Waals surface area contributed by atoms with Crippen LogP contribution in [0.4, 0.5) is 23.7 Å². The van der Waals surface area contributed by atoms with Gasteiger partial charge in [0.25, 0.3) is 0 Å². The van der Waals surface area contributed by atoms with E-state index < -0.39 is 17.3 Å². The summed E-state index contributed by atoms with van der Waals surface area (Å²) in [5.74, 6) is 0. The van der Waals surface area contributed by atoms with Crippen molar-refractivity contribution in [1.29, 1.82) is 0 Å². The summed E-state index contributed by atoms with van der Waals surface area (Å²) < 4.78 is 45.3. The van der Waals surface area contributed by atoms with Crippen molar-refractivity contribution in [1.82, 2.24) is 4.90 Å². The number of benzene rings is 2. The summed E-state index contributed by atoms with van der Waals surface area (Å²) in [5, 5.41) is 0.759. The molecule has 1 amide bonds. The second kappa shape index (κ2) is 6.94. The molecule has 1 heterocycles. The lowest BCUT2D eigenvalue weighted by Crippen LogP contribution is -2.50. The molecule has 0 bridgehead atoms. The van der Waals surface area contributed by atoms with Crippen LogP contribution in [0.3, 0.4) is 0 Å². The molecule has 3 rings (SSSR count). The average Bonchev–Trinajstić information content (AvgIpc) is 2.58. The quantitative estimate of drug-likeness (QED) is 0.704. The fourth-order valence-electron chi connectivity index (χ4n) is 3.26. The van der Waals surface area contributed by atoms with E-state index in [2.05, 4.69) is 0 Å². The van der Waals surface area contributed by atoms with E-state index >= 15 is 0 Å². The van der Waals surface area contributed by atoms with Gasteiger partial charge in [-0.3, -0.25) is 0 Å². The van der Waals surface area contributed by atoms with Gasteiger partial charge in [0, 0.05) is 37.3 Å². The molecule has 27 heavy (non-hydrogen) atoms. The highest BCUT2D eigenvalue weighted by molar-refractivity contribution is 5.97. The second-order valence-electron chi connectivity index (χ2n) is 7.63. The molecule has 1 aliphatic heterocycles. The van der Waals surface area contributed by atoms with Gasteiger partial charge in [-0.25, -0.2) is 4.79 Å². The van der Waals surface area contributed by atoms with Crippen LogP contribution in [-0.4, -0.2) is 42.8 Å². The SMILES string of the molecule is CC(C)(C)OC(=O)N1CCN(c2ccc(C(F)(F)F)c3ccccc23)CC1. The Labute approximate surface area is 156 Å². The number of hydrogen-bond donors (Lipinski definition) is 0. The molecule has 146 valence electrons. The molecular formula is C20H23F3N2O2. The van der Waals surface area contributed by atoms with Gasteiger partial charge < -0.3 is 14.5 Å². The van der Waals surface area contributed by atoms with Crippen LogP contribution in [0.1, 0.15) is 26.3 Å². The van der Waals surface area contributed by atoms with Crippen molar-refractivity contribution in [3.8, 4) is 0 Å². The first-order valence-electron chi connectivity index (χ1n) is 8.88. The molecule has 7 heteroatoms. The first kappa shape index (κ1) is 19.3. The lowest BCUT2D eigenvalue weighted by molar-refractivity contribution is -0.136. The van der Waals surface area contributed by atoms with E-state index in [1.54, 1.807) is 23.1 Å². The summed E-state index contributed by atoms with van der Waals surface area (Å²) in [7, 11) is 0. The number of alkyl halides is 3. The fraction of sp³-hybridized carbons (Fsp3) is 0.450. The maximum atomic E-state index is 13.3. The molecule has 1 aliphatic rings. The van der Waals surface area contributed by atoms with Crippen LogP contribution in [0.2, 0.25) is 0 Å². The lowest BCUT2D eigenvalue weighted by Gasteiger charge is -2.37. The third kappa shape index (κ3) is 4.28. The van der Waals surface area contributed by atoms with E-state index in [9.17, 15) is 18.0 Å². The summed E-state index contributed by atoms with van der Waals surface area (Å²) >= 11 is 0. The molecular weight excluding hydrogens is 357 g/mol. The van der Waals surface area contributed by atoms with Gasteiger partial charge in [-0.15, -0.1) is 0 Å². The topological polar surface area (TPSA) is 32.8 Å². The predicted molar refractivity (Wildman–Crippen MR) is 99.0 cm³/mol. The number of ether oxygens (including phenoxy) is 1. The molecule has 2 aromatic rings. The zero-order valence-corrected chi connectivity index (χ0v) is 15.6. The Balaban J connectivity index is 1.81. The standard InChI is InChI=1S/C20H23F3N2O2/c1-19(2,3)27-18(26)25-12-10-24(11-13-25)17-9-8-16(20(21,22)23)14-6-4-5-7-15(14)17/h4-9H,10-13H2,1-3H3. The molecule has 0 aliphatic carbocycles. The first-order valence-corrected chi connectivity index (χ1v) is 8.88. The third-order valence-electron chi connectivity index (χ3n) is 4.48. The highest BCUT2D eigenvalue weighted by atomic mass is 19.4. The Morgan fingerprint density at radius 3 is 2.07 bits per heavy atom. The Morgan fingerprint density at radius 2 is 1.52 bits per heavy atom. The van der Waals surface area contributed by atoms with E-state index in [0.717, 1.165) is 11.8 Å². The summed E-state index contributed by atoms with van der Waals surface area (Å²) in [6, 6.07) is 9.22. The number of nitrogens with zero attached hydrogens (tertiary/aromatic N) is 2. The molecule has 0 N–H and O–H groups in total. The minimum atomic E-state index is -4.40. The Hall–Kier alpha value is -2.44. The number of carbonyl (C=O) groups excluding carboxylic acids is 1. The number of anilines is 1. The Morgan fingerprint density at radius 1 is 0.926 bits per heavy atom. The second-order valence-corrected chi connectivity index (χ2v) is 7.63. The minimum absolute atomic E-state index is 0.192. The van der Waals surface area contributed by atoms with Gasteiger partial charge >= 0.3 is 12.3 Å². The van der Waals surface area contributed by atoms with Gasteiger partial charge in [0.15, 0.2) is 0 Å². The van der Waals surface area contributed by atoms with Gasteiger partial charge in [-0.05, 0) is 38.3 Å². The van der Waals surface area contributed by atoms with Crippen molar-refractivity contribution in [2.75, 3.05) is 31.1 Å². The third-order valence-corrected chi connectivity index (χ3v) is 4.48. The molecule has 1 saturated heterocycles. The van der Waals surface area contributed by atoms with Crippen LogP contribution in [0.5, 0.6) is 0 Å². The number of amides is 1. The molecule has 0 saturated carbocycles. The molecule has 2 aromatic carbocycles. The van der Waals surface area contributed by atoms with Gasteiger partial charge in [0.2, 0.25) is 0 Å². The number of halogens is 3. The van der Waals surface area contributed by atoms with Crippen LogP contribution < -0.4 is 4.90 Å². The van der Waals surface area contributed by atoms with Crippen molar-refractivity contribution < 1.29 is 22.7 Å². The normalized spacial score (nSPS) is 15.9. The van der Waals surface area contributed by atoms with E-state index in [4.69, 9.17) is 4.74 Å². The Kier molecular flexibility index (Phi) is 4.97. The molecule has 0 atom stereocenters. The van der Waals surface area contributed by atoms with Crippen molar-refractivity contribution in [3.05, 3.63) is 42.0 Å². The molecule has 0 aromatic heterocycles. The smallest absolute Gasteiger partial charge is 0.417 e. The number of hydrogen-bond acceptors (Lipinski definition) is 3. The number of fused-ring (bicyclic) bond motifs is 1. The minimum Gasteiger partial charge on any atom is -0.444 e. The van der Waals surface area contributed by atoms with Crippen molar-refractivity contribution >= 4 is 22.6 Å². The van der Waals surface area contributed by atoms with Crippen LogP contribution in [0.25, 0.3) is 10.8 Å². The monoisotopic (exact) mass is 380 g/mol. The van der Waals surface area contributed by atoms with Gasteiger partial charge in [0.05, 0.1) is 5.56 Å². The zero-order chi connectivity index (χ0) is 19.8. The van der Waals surface area contributed by atoms with Crippen LogP contribution >= 0.6 is 0 Å². The van der Waals surface area contributed by atoms with Crippen molar-refractivity contribution in [3.63, 3.8) is 0 Å². The predicted octanol–water partition coefficient (Wildman–Crippen LogP) is 4.92. The maximum absolute atomic E-state index is 13.3. The van der Waals surface area contributed by atoms with E-state index in [1.165, 1.54) is 12.1 Å². The molecule has 4 nitrogen and oxygen atoms in total. The molecule has 0 radical (unpaired) electrons.